The molecular formula is C3H11AlO. The molecule has 0 aliphatic rings. The minimum absolute atomic E-state index is 0.306. The molecule has 0 aliphatic heterocycles. The van der Waals surface area contributed by atoms with E-state index in [1.807, 2.05) is 0 Å². The minimum atomic E-state index is 0.306. The van der Waals surface area contributed by atoms with Gasteiger partial charge in [-0.25, -0.2) is 0 Å². The zero-order valence-corrected chi connectivity index (χ0v) is 6.15. The van der Waals surface area contributed by atoms with Crippen LogP contribution in [0.2, 0.25) is 0 Å². The lowest BCUT2D eigenvalue weighted by atomic mass is 10.6. The van der Waals surface area contributed by atoms with E-state index in [0.717, 1.165) is 0 Å². The van der Waals surface area contributed by atoms with Crippen LogP contribution in [0.5, 0.6) is 0 Å². The maximum atomic E-state index is 7.14. The summed E-state index contributed by atoms with van der Waals surface area (Å²) in [4.78, 5) is 0. The standard InChI is InChI=1S/C3H8.Al.H2O.2H/c1-3-2;;;;/h3H2,1-2H3;;1H2;;/q;+1;;;/p-1. The first-order valence-corrected chi connectivity index (χ1v) is 2.76. The van der Waals surface area contributed by atoms with E-state index < -0.39 is 0 Å². The van der Waals surface area contributed by atoms with Gasteiger partial charge in [-0.2, -0.15) is 0 Å². The van der Waals surface area contributed by atoms with E-state index in [9.17, 15) is 0 Å². The Labute approximate surface area is 41.8 Å². The summed E-state index contributed by atoms with van der Waals surface area (Å²) in [7, 11) is 0. The van der Waals surface area contributed by atoms with Crippen molar-refractivity contribution in [2.45, 2.75) is 20.3 Å². The maximum absolute atomic E-state index is 7.14. The summed E-state index contributed by atoms with van der Waals surface area (Å²) < 4.78 is 7.14. The summed E-state index contributed by atoms with van der Waals surface area (Å²) in [6, 6.07) is 0. The number of hydrogen-bond donors (Lipinski definition) is 1. The highest BCUT2D eigenvalue weighted by Crippen LogP contribution is 1.56. The molecular weight excluding hydrogens is 79.0 g/mol. The molecule has 0 amide bonds. The Hall–Kier alpha value is 0.492. The minimum Gasteiger partial charge on any atom is -0.521 e. The number of rotatable bonds is 0. The molecule has 0 spiro atoms. The molecule has 0 bridgehead atoms. The molecule has 5 heavy (non-hydrogen) atoms. The molecule has 0 aromatic heterocycles. The predicted octanol–water partition coefficient (Wildman–Crippen LogP) is -0.0569. The second-order valence-corrected chi connectivity index (χ2v) is 0.707. The average molecular weight is 90.1 g/mol. The van der Waals surface area contributed by atoms with Crippen LogP contribution in [-0.2, 0) is 0 Å². The summed E-state index contributed by atoms with van der Waals surface area (Å²) >= 11 is 0.306. The molecule has 1 nitrogen and oxygen atoms in total. The van der Waals surface area contributed by atoms with E-state index in [-0.39, 0.29) is 0 Å². The quantitative estimate of drug-likeness (QED) is 0.413. The van der Waals surface area contributed by atoms with Crippen LogP contribution in [0.3, 0.4) is 0 Å². The van der Waals surface area contributed by atoms with Gasteiger partial charge in [-0.1, -0.05) is 20.3 Å². The highest BCUT2D eigenvalue weighted by atomic mass is 27.1. The summed E-state index contributed by atoms with van der Waals surface area (Å²) in [5.41, 5.74) is 0. The Balaban J connectivity index is 0. The van der Waals surface area contributed by atoms with Crippen molar-refractivity contribution in [2.24, 2.45) is 0 Å². The van der Waals surface area contributed by atoms with Crippen LogP contribution in [0.1, 0.15) is 20.3 Å². The lowest BCUT2D eigenvalue weighted by Gasteiger charge is -1.48. The van der Waals surface area contributed by atoms with Gasteiger partial charge in [0.05, 0.1) is 0 Å². The SMILES string of the molecule is CCC.[OH][AlH2]. The van der Waals surface area contributed by atoms with Gasteiger partial charge in [0.15, 0.2) is 0 Å². The van der Waals surface area contributed by atoms with Crippen molar-refractivity contribution < 1.29 is 4.16 Å². The zero-order valence-electron chi connectivity index (χ0n) is 4.15. The molecule has 0 unspecified atom stereocenters. The fourth-order valence-corrected chi connectivity index (χ4v) is 0. The van der Waals surface area contributed by atoms with Crippen LogP contribution < -0.4 is 0 Å². The van der Waals surface area contributed by atoms with E-state index in [1.165, 1.54) is 6.42 Å². The van der Waals surface area contributed by atoms with Crippen molar-refractivity contribution in [1.82, 2.24) is 0 Å². The van der Waals surface area contributed by atoms with Crippen molar-refractivity contribution in [3.05, 3.63) is 0 Å². The molecule has 1 N–H and O–H groups in total. The molecule has 0 radical (unpaired) electrons. The van der Waals surface area contributed by atoms with Crippen LogP contribution >= 0.6 is 0 Å². The summed E-state index contributed by atoms with van der Waals surface area (Å²) in [6.45, 7) is 4.25. The van der Waals surface area contributed by atoms with Crippen LogP contribution in [0, 0.1) is 0 Å². The first-order chi connectivity index (χ1) is 2.41. The van der Waals surface area contributed by atoms with E-state index in [4.69, 9.17) is 4.16 Å². The first-order valence-electron chi connectivity index (χ1n) is 1.86. The van der Waals surface area contributed by atoms with Crippen LogP contribution in [0.4, 0.5) is 0 Å². The van der Waals surface area contributed by atoms with Gasteiger partial charge in [0.1, 0.15) is 0 Å². The third kappa shape index (κ3) is 115. The average Bonchev–Trinajstić information content (AvgIpc) is 1.46. The smallest absolute Gasteiger partial charge is 0.407 e. The lowest BCUT2D eigenvalue weighted by Crippen LogP contribution is -1.34. The zero-order chi connectivity index (χ0) is 4.71. The fourth-order valence-electron chi connectivity index (χ4n) is 0. The van der Waals surface area contributed by atoms with Gasteiger partial charge in [-0.05, 0) is 0 Å². The molecule has 0 saturated heterocycles. The van der Waals surface area contributed by atoms with Gasteiger partial charge in [-0.15, -0.1) is 0 Å². The number of hydrogen-bond acceptors (Lipinski definition) is 1. The van der Waals surface area contributed by atoms with E-state index in [1.54, 1.807) is 0 Å². The van der Waals surface area contributed by atoms with Crippen LogP contribution in [0.25, 0.3) is 0 Å². The monoisotopic (exact) mass is 90.1 g/mol. The lowest BCUT2D eigenvalue weighted by molar-refractivity contribution is 0.629. The van der Waals surface area contributed by atoms with E-state index in [0.29, 0.717) is 16.6 Å². The molecule has 0 aromatic rings. The molecule has 0 aromatic carbocycles. The summed E-state index contributed by atoms with van der Waals surface area (Å²) in [5, 5.41) is 0. The van der Waals surface area contributed by atoms with E-state index >= 15 is 0 Å². The van der Waals surface area contributed by atoms with Gasteiger partial charge in [-0.3, -0.25) is 0 Å². The van der Waals surface area contributed by atoms with Gasteiger partial charge in [0, 0.05) is 0 Å². The Morgan fingerprint density at radius 3 is 1.40 bits per heavy atom. The van der Waals surface area contributed by atoms with Crippen LogP contribution in [0.15, 0.2) is 0 Å². The van der Waals surface area contributed by atoms with Gasteiger partial charge in [0.2, 0.25) is 0 Å². The van der Waals surface area contributed by atoms with Crippen molar-refractivity contribution in [1.29, 1.82) is 0 Å². The summed E-state index contributed by atoms with van der Waals surface area (Å²) in [5.74, 6) is 0. The maximum Gasteiger partial charge on any atom is 0.407 e. The van der Waals surface area contributed by atoms with Crippen molar-refractivity contribution >= 4 is 16.6 Å². The molecule has 0 saturated carbocycles. The third-order valence-electron chi connectivity index (χ3n) is 0. The van der Waals surface area contributed by atoms with Crippen molar-refractivity contribution in [3.63, 3.8) is 0 Å². The molecule has 0 heterocycles. The van der Waals surface area contributed by atoms with Gasteiger partial charge >= 0.3 is 16.6 Å². The highest BCUT2D eigenvalue weighted by Gasteiger charge is 1.35. The topological polar surface area (TPSA) is 20.2 Å². The fraction of sp³-hybridized carbons (Fsp3) is 1.00. The summed E-state index contributed by atoms with van der Waals surface area (Å²) in [6.07, 6.45) is 1.25. The second kappa shape index (κ2) is 24.6. The highest BCUT2D eigenvalue weighted by molar-refractivity contribution is 5.95. The van der Waals surface area contributed by atoms with Gasteiger partial charge < -0.3 is 4.16 Å². The molecule has 0 aliphatic carbocycles. The molecule has 0 rings (SSSR count). The van der Waals surface area contributed by atoms with Crippen molar-refractivity contribution in [2.75, 3.05) is 0 Å². The molecule has 0 atom stereocenters. The van der Waals surface area contributed by atoms with Gasteiger partial charge in [0.25, 0.3) is 0 Å². The first kappa shape index (κ1) is 9.09. The molecule has 0 fully saturated rings. The Kier molecular flexibility index (Phi) is 44.7. The Bertz CT molecular complexity index is 6.85. The van der Waals surface area contributed by atoms with Crippen molar-refractivity contribution in [3.8, 4) is 0 Å². The predicted molar refractivity (Wildman–Crippen MR) is 26.7 cm³/mol. The third-order valence-corrected chi connectivity index (χ3v) is 0. The molecule has 32 valence electrons. The van der Waals surface area contributed by atoms with E-state index in [2.05, 4.69) is 13.8 Å². The Morgan fingerprint density at radius 1 is 1.40 bits per heavy atom. The molecule has 2 heteroatoms. The normalized spacial score (nSPS) is 4.60. The van der Waals surface area contributed by atoms with Crippen LogP contribution in [-0.4, -0.2) is 20.8 Å². The largest absolute Gasteiger partial charge is 0.521 e. The Morgan fingerprint density at radius 2 is 1.40 bits per heavy atom. The second-order valence-electron chi connectivity index (χ2n) is 0.707.